The molecule has 1 heterocycles. The lowest BCUT2D eigenvalue weighted by atomic mass is 10.4. The molecule has 0 saturated heterocycles. The molecule has 0 aromatic carbocycles. The zero-order valence-corrected chi connectivity index (χ0v) is 8.53. The largest absolute Gasteiger partial charge is 0.407 e. The fourth-order valence-corrected chi connectivity index (χ4v) is 0.831. The van der Waals surface area contributed by atoms with Gasteiger partial charge in [0.15, 0.2) is 0 Å². The summed E-state index contributed by atoms with van der Waals surface area (Å²) in [6, 6.07) is 0.933. The van der Waals surface area contributed by atoms with Crippen LogP contribution in [-0.2, 0) is 6.54 Å². The third-order valence-corrected chi connectivity index (χ3v) is 1.86. The van der Waals surface area contributed by atoms with E-state index in [1.165, 1.54) is 0 Å². The summed E-state index contributed by atoms with van der Waals surface area (Å²) in [6.07, 6.45) is 0. The molecule has 0 aliphatic carbocycles. The van der Waals surface area contributed by atoms with Gasteiger partial charge in [-0.15, -0.1) is 5.10 Å². The van der Waals surface area contributed by atoms with Crippen molar-refractivity contribution < 1.29 is 4.42 Å². The first-order chi connectivity index (χ1) is 6.15. The highest BCUT2D eigenvalue weighted by Crippen LogP contribution is 2.12. The minimum atomic E-state index is 0.364. The number of anilines is 1. The van der Waals surface area contributed by atoms with E-state index in [2.05, 4.69) is 29.4 Å². The molecule has 0 atom stereocenters. The van der Waals surface area contributed by atoms with Gasteiger partial charge < -0.3 is 14.6 Å². The monoisotopic (exact) mass is 184 g/mol. The average Bonchev–Trinajstić information content (AvgIpc) is 2.52. The molecule has 0 saturated carbocycles. The molecule has 13 heavy (non-hydrogen) atoms. The quantitative estimate of drug-likeness (QED) is 0.744. The van der Waals surface area contributed by atoms with Crippen LogP contribution in [0.4, 0.5) is 6.01 Å². The van der Waals surface area contributed by atoms with Gasteiger partial charge in [0, 0.05) is 13.1 Å². The number of aromatic nitrogens is 2. The van der Waals surface area contributed by atoms with Crippen LogP contribution in [0.15, 0.2) is 4.42 Å². The molecule has 0 aliphatic heterocycles. The molecule has 0 unspecified atom stereocenters. The summed E-state index contributed by atoms with van der Waals surface area (Å²) >= 11 is 0. The van der Waals surface area contributed by atoms with Crippen LogP contribution in [0.1, 0.15) is 19.7 Å². The van der Waals surface area contributed by atoms with E-state index in [0.717, 1.165) is 0 Å². The predicted octanol–water partition coefficient (Wildman–Crippen LogP) is 0.634. The number of nitrogens with one attached hydrogen (secondary N) is 1. The lowest BCUT2D eigenvalue weighted by Crippen LogP contribution is -2.25. The summed E-state index contributed by atoms with van der Waals surface area (Å²) in [5.74, 6) is 0.616. The number of rotatable bonds is 4. The lowest BCUT2D eigenvalue weighted by molar-refractivity contribution is 0.469. The van der Waals surface area contributed by atoms with E-state index in [0.29, 0.717) is 24.5 Å². The van der Waals surface area contributed by atoms with Gasteiger partial charge in [-0.05, 0) is 20.9 Å². The van der Waals surface area contributed by atoms with Gasteiger partial charge in [-0.3, -0.25) is 0 Å². The normalized spacial score (nSPS) is 10.8. The van der Waals surface area contributed by atoms with Crippen molar-refractivity contribution in [2.75, 3.05) is 19.0 Å². The van der Waals surface area contributed by atoms with Crippen molar-refractivity contribution in [1.82, 2.24) is 15.5 Å². The molecule has 0 spiro atoms. The summed E-state index contributed by atoms with van der Waals surface area (Å²) in [7, 11) is 3.78. The number of hydrogen-bond acceptors (Lipinski definition) is 5. The molecular formula is C8H16N4O. The molecule has 1 aromatic rings. The van der Waals surface area contributed by atoms with Crippen LogP contribution >= 0.6 is 0 Å². The van der Waals surface area contributed by atoms with Crippen LogP contribution < -0.4 is 10.2 Å². The van der Waals surface area contributed by atoms with Crippen LogP contribution in [0, 0.1) is 0 Å². The van der Waals surface area contributed by atoms with Crippen LogP contribution in [0.25, 0.3) is 0 Å². The van der Waals surface area contributed by atoms with Gasteiger partial charge in [-0.25, -0.2) is 0 Å². The number of nitrogens with zero attached hydrogens (tertiary/aromatic N) is 3. The first kappa shape index (κ1) is 9.98. The smallest absolute Gasteiger partial charge is 0.318 e. The maximum Gasteiger partial charge on any atom is 0.318 e. The Morgan fingerprint density at radius 3 is 2.69 bits per heavy atom. The average molecular weight is 184 g/mol. The third-order valence-electron chi connectivity index (χ3n) is 1.86. The summed E-state index contributed by atoms with van der Waals surface area (Å²) in [6.45, 7) is 4.75. The first-order valence-corrected chi connectivity index (χ1v) is 4.35. The van der Waals surface area contributed by atoms with Crippen molar-refractivity contribution in [3.8, 4) is 0 Å². The van der Waals surface area contributed by atoms with Crippen LogP contribution in [-0.4, -0.2) is 30.3 Å². The van der Waals surface area contributed by atoms with Crippen molar-refractivity contribution in [2.45, 2.75) is 26.4 Å². The number of hydrogen-bond donors (Lipinski definition) is 1. The molecule has 1 rings (SSSR count). The third kappa shape index (κ3) is 2.42. The Balaban J connectivity index is 2.67. The molecular weight excluding hydrogens is 168 g/mol. The molecule has 0 radical (unpaired) electrons. The van der Waals surface area contributed by atoms with Gasteiger partial charge in [0.1, 0.15) is 0 Å². The van der Waals surface area contributed by atoms with E-state index >= 15 is 0 Å². The van der Waals surface area contributed by atoms with Crippen molar-refractivity contribution in [3.63, 3.8) is 0 Å². The second kappa shape index (κ2) is 4.23. The van der Waals surface area contributed by atoms with E-state index in [4.69, 9.17) is 4.42 Å². The van der Waals surface area contributed by atoms with E-state index in [9.17, 15) is 0 Å². The predicted molar refractivity (Wildman–Crippen MR) is 50.6 cm³/mol. The molecule has 1 aromatic heterocycles. The molecule has 0 aliphatic rings. The first-order valence-electron chi connectivity index (χ1n) is 4.35. The molecule has 0 fully saturated rings. The summed E-state index contributed by atoms with van der Waals surface area (Å²) < 4.78 is 5.39. The van der Waals surface area contributed by atoms with Gasteiger partial charge >= 0.3 is 6.01 Å². The Hall–Kier alpha value is -1.10. The van der Waals surface area contributed by atoms with Gasteiger partial charge in [-0.2, -0.15) is 0 Å². The Bertz CT molecular complexity index is 258. The second-order valence-electron chi connectivity index (χ2n) is 3.21. The summed E-state index contributed by atoms with van der Waals surface area (Å²) in [5.41, 5.74) is 0. The molecule has 0 bridgehead atoms. The van der Waals surface area contributed by atoms with E-state index < -0.39 is 0 Å². The summed E-state index contributed by atoms with van der Waals surface area (Å²) in [4.78, 5) is 1.94. The van der Waals surface area contributed by atoms with Gasteiger partial charge in [0.25, 0.3) is 0 Å². The fourth-order valence-electron chi connectivity index (χ4n) is 0.831. The Labute approximate surface area is 78.1 Å². The van der Waals surface area contributed by atoms with E-state index in [1.54, 1.807) is 0 Å². The summed E-state index contributed by atoms with van der Waals surface area (Å²) in [5, 5.41) is 10.8. The molecule has 1 N–H and O–H groups in total. The molecule has 5 heteroatoms. The Kier molecular flexibility index (Phi) is 3.25. The van der Waals surface area contributed by atoms with E-state index in [1.807, 2.05) is 19.0 Å². The van der Waals surface area contributed by atoms with Crippen LogP contribution in [0.3, 0.4) is 0 Å². The van der Waals surface area contributed by atoms with Gasteiger partial charge in [0.05, 0.1) is 6.54 Å². The minimum absolute atomic E-state index is 0.364. The van der Waals surface area contributed by atoms with Crippen molar-refractivity contribution in [3.05, 3.63) is 5.89 Å². The topological polar surface area (TPSA) is 54.2 Å². The fraction of sp³-hybridized carbons (Fsp3) is 0.750. The van der Waals surface area contributed by atoms with E-state index in [-0.39, 0.29) is 0 Å². The highest BCUT2D eigenvalue weighted by Gasteiger charge is 2.12. The maximum atomic E-state index is 5.39. The molecule has 0 amide bonds. The van der Waals surface area contributed by atoms with Crippen molar-refractivity contribution in [1.29, 1.82) is 0 Å². The van der Waals surface area contributed by atoms with Crippen LogP contribution in [0.2, 0.25) is 0 Å². The molecule has 74 valence electrons. The minimum Gasteiger partial charge on any atom is -0.407 e. The highest BCUT2D eigenvalue weighted by molar-refractivity contribution is 5.23. The van der Waals surface area contributed by atoms with Gasteiger partial charge in [-0.1, -0.05) is 5.10 Å². The maximum absolute atomic E-state index is 5.39. The zero-order valence-electron chi connectivity index (χ0n) is 8.53. The second-order valence-corrected chi connectivity index (χ2v) is 3.21. The zero-order chi connectivity index (χ0) is 9.84. The SMILES string of the molecule is CNCc1nnc(N(C)C(C)C)o1. The van der Waals surface area contributed by atoms with Gasteiger partial charge in [0.2, 0.25) is 5.89 Å². The Morgan fingerprint density at radius 2 is 2.15 bits per heavy atom. The standard InChI is InChI=1S/C8H16N4O/c1-6(2)12(4)8-11-10-7(13-8)5-9-3/h6,9H,5H2,1-4H3. The van der Waals surface area contributed by atoms with Crippen molar-refractivity contribution in [2.24, 2.45) is 0 Å². The van der Waals surface area contributed by atoms with Crippen molar-refractivity contribution >= 4 is 6.01 Å². The Morgan fingerprint density at radius 1 is 1.46 bits per heavy atom. The highest BCUT2D eigenvalue weighted by atomic mass is 16.4. The molecule has 5 nitrogen and oxygen atoms in total. The lowest BCUT2D eigenvalue weighted by Gasteiger charge is -2.17. The van der Waals surface area contributed by atoms with Crippen LogP contribution in [0.5, 0.6) is 0 Å².